The molecule has 0 aliphatic carbocycles. The molecule has 0 bridgehead atoms. The van der Waals surface area contributed by atoms with E-state index >= 15 is 0 Å². The van der Waals surface area contributed by atoms with Crippen LogP contribution in [0.25, 0.3) is 0 Å². The van der Waals surface area contributed by atoms with Gasteiger partial charge in [0.25, 0.3) is 11.6 Å². The van der Waals surface area contributed by atoms with Crippen LogP contribution >= 0.6 is 11.6 Å². The Balaban J connectivity index is 1.89. The largest absolute Gasteiger partial charge is 0.352 e. The van der Waals surface area contributed by atoms with E-state index in [4.69, 9.17) is 11.6 Å². The first-order chi connectivity index (χ1) is 10.9. The summed E-state index contributed by atoms with van der Waals surface area (Å²) >= 11 is 5.72. The molecule has 122 valence electrons. The average molecular weight is 337 g/mol. The van der Waals surface area contributed by atoms with Gasteiger partial charge in [-0.15, -0.1) is 0 Å². The number of aromatic nitrogens is 2. The highest BCUT2D eigenvalue weighted by atomic mass is 35.5. The molecule has 1 heterocycles. The number of carbonyl (C=O) groups is 1. The average Bonchev–Trinajstić information content (AvgIpc) is 2.81. The molecule has 0 aliphatic heterocycles. The Morgan fingerprint density at radius 2 is 2.13 bits per heavy atom. The fraction of sp³-hybridized carbons (Fsp3) is 0.333. The number of benzene rings is 1. The first kappa shape index (κ1) is 17.0. The van der Waals surface area contributed by atoms with Gasteiger partial charge in [0.05, 0.1) is 10.6 Å². The fourth-order valence-electron chi connectivity index (χ4n) is 2.23. The van der Waals surface area contributed by atoms with Crippen molar-refractivity contribution in [1.82, 2.24) is 15.1 Å². The van der Waals surface area contributed by atoms with E-state index in [1.807, 2.05) is 24.6 Å². The second-order valence-corrected chi connectivity index (χ2v) is 5.59. The molecule has 7 nitrogen and oxygen atoms in total. The number of nitro groups is 1. The summed E-state index contributed by atoms with van der Waals surface area (Å²) in [5.41, 5.74) is 1.97. The Morgan fingerprint density at radius 3 is 2.74 bits per heavy atom. The van der Waals surface area contributed by atoms with Crippen molar-refractivity contribution in [2.24, 2.45) is 0 Å². The molecule has 8 heteroatoms. The lowest BCUT2D eigenvalue weighted by Gasteiger charge is -2.07. The monoisotopic (exact) mass is 336 g/mol. The Kier molecular flexibility index (Phi) is 5.33. The number of amides is 1. The minimum absolute atomic E-state index is 0.0103. The third kappa shape index (κ3) is 4.29. The number of hydrogen-bond acceptors (Lipinski definition) is 4. The Morgan fingerprint density at radius 1 is 1.39 bits per heavy atom. The van der Waals surface area contributed by atoms with Crippen molar-refractivity contribution in [3.8, 4) is 0 Å². The van der Waals surface area contributed by atoms with Crippen molar-refractivity contribution in [3.05, 3.63) is 56.4 Å². The SMILES string of the molecule is Cc1cc(C)n(CCCNC(=O)c2ccc(Cl)c([N+](=O)[O-])c2)n1. The normalized spacial score (nSPS) is 10.6. The quantitative estimate of drug-likeness (QED) is 0.499. The van der Waals surface area contributed by atoms with E-state index in [2.05, 4.69) is 10.4 Å². The summed E-state index contributed by atoms with van der Waals surface area (Å²) in [6.45, 7) is 5.05. The molecule has 23 heavy (non-hydrogen) atoms. The fourth-order valence-corrected chi connectivity index (χ4v) is 2.41. The number of hydrogen-bond donors (Lipinski definition) is 1. The van der Waals surface area contributed by atoms with Crippen LogP contribution in [0.3, 0.4) is 0 Å². The van der Waals surface area contributed by atoms with Gasteiger partial charge in [-0.25, -0.2) is 0 Å². The molecule has 1 amide bonds. The maximum Gasteiger partial charge on any atom is 0.288 e. The summed E-state index contributed by atoms with van der Waals surface area (Å²) in [4.78, 5) is 22.2. The standard InChI is InChI=1S/C15H17ClN4O3/c1-10-8-11(2)19(18-10)7-3-6-17-15(21)12-4-5-13(16)14(9-12)20(22)23/h4-5,8-9H,3,6-7H2,1-2H3,(H,17,21). The van der Waals surface area contributed by atoms with Gasteiger partial charge in [-0.05, 0) is 38.5 Å². The number of aryl methyl sites for hydroxylation is 3. The topological polar surface area (TPSA) is 90.1 Å². The summed E-state index contributed by atoms with van der Waals surface area (Å²) in [6, 6.07) is 5.99. The first-order valence-electron chi connectivity index (χ1n) is 7.11. The maximum absolute atomic E-state index is 12.0. The number of rotatable bonds is 6. The third-order valence-electron chi connectivity index (χ3n) is 3.34. The third-order valence-corrected chi connectivity index (χ3v) is 3.66. The Bertz CT molecular complexity index is 742. The first-order valence-corrected chi connectivity index (χ1v) is 7.49. The van der Waals surface area contributed by atoms with E-state index in [1.165, 1.54) is 18.2 Å². The molecule has 0 spiro atoms. The van der Waals surface area contributed by atoms with Crippen LogP contribution in [-0.4, -0.2) is 27.2 Å². The molecule has 2 rings (SSSR count). The van der Waals surface area contributed by atoms with Crippen molar-refractivity contribution in [2.45, 2.75) is 26.8 Å². The van der Waals surface area contributed by atoms with Gasteiger partial charge in [0.2, 0.25) is 0 Å². The van der Waals surface area contributed by atoms with Gasteiger partial charge in [-0.1, -0.05) is 11.6 Å². The van der Waals surface area contributed by atoms with E-state index in [0.29, 0.717) is 19.5 Å². The summed E-state index contributed by atoms with van der Waals surface area (Å²) in [6.07, 6.45) is 0.712. The van der Waals surface area contributed by atoms with Crippen molar-refractivity contribution < 1.29 is 9.72 Å². The van der Waals surface area contributed by atoms with Gasteiger partial charge < -0.3 is 5.32 Å². The van der Waals surface area contributed by atoms with E-state index in [0.717, 1.165) is 11.4 Å². The van der Waals surface area contributed by atoms with Crippen LogP contribution in [0.5, 0.6) is 0 Å². The van der Waals surface area contributed by atoms with Gasteiger partial charge in [-0.3, -0.25) is 19.6 Å². The minimum atomic E-state index is -0.609. The van der Waals surface area contributed by atoms with E-state index in [9.17, 15) is 14.9 Å². The lowest BCUT2D eigenvalue weighted by atomic mass is 10.2. The van der Waals surface area contributed by atoms with Gasteiger partial charge in [0, 0.05) is 30.4 Å². The van der Waals surface area contributed by atoms with Crippen LogP contribution in [0.15, 0.2) is 24.3 Å². The Hall–Kier alpha value is -2.41. The molecule has 0 radical (unpaired) electrons. The molecule has 0 unspecified atom stereocenters. The van der Waals surface area contributed by atoms with Crippen LogP contribution in [0.4, 0.5) is 5.69 Å². The Labute approximate surface area is 138 Å². The summed E-state index contributed by atoms with van der Waals surface area (Å²) in [7, 11) is 0. The zero-order valence-electron chi connectivity index (χ0n) is 12.9. The summed E-state index contributed by atoms with van der Waals surface area (Å²) in [5.74, 6) is -0.363. The van der Waals surface area contributed by atoms with Gasteiger partial charge >= 0.3 is 0 Å². The van der Waals surface area contributed by atoms with Crippen molar-refractivity contribution in [2.75, 3.05) is 6.54 Å². The molecule has 0 atom stereocenters. The highest BCUT2D eigenvalue weighted by Crippen LogP contribution is 2.24. The van der Waals surface area contributed by atoms with Crippen LogP contribution in [-0.2, 0) is 6.54 Å². The van der Waals surface area contributed by atoms with Gasteiger partial charge in [0.15, 0.2) is 0 Å². The van der Waals surface area contributed by atoms with Crippen molar-refractivity contribution in [1.29, 1.82) is 0 Å². The molecule has 2 aromatic rings. The molecule has 0 fully saturated rings. The molecule has 0 saturated heterocycles. The predicted octanol–water partition coefficient (Wildman–Crippen LogP) is 2.88. The van der Waals surface area contributed by atoms with E-state index in [-0.39, 0.29) is 22.2 Å². The number of carbonyl (C=O) groups excluding carboxylic acids is 1. The van der Waals surface area contributed by atoms with Crippen LogP contribution < -0.4 is 5.32 Å². The number of nitro benzene ring substituents is 1. The van der Waals surface area contributed by atoms with E-state index in [1.54, 1.807) is 0 Å². The maximum atomic E-state index is 12.0. The molecule has 0 saturated carbocycles. The number of nitrogens with one attached hydrogen (secondary N) is 1. The lowest BCUT2D eigenvalue weighted by molar-refractivity contribution is -0.384. The minimum Gasteiger partial charge on any atom is -0.352 e. The summed E-state index contributed by atoms with van der Waals surface area (Å²) in [5, 5.41) is 17.9. The van der Waals surface area contributed by atoms with E-state index < -0.39 is 4.92 Å². The van der Waals surface area contributed by atoms with Crippen LogP contribution in [0.2, 0.25) is 5.02 Å². The zero-order valence-corrected chi connectivity index (χ0v) is 13.6. The molecule has 1 aromatic heterocycles. The second kappa shape index (κ2) is 7.23. The molecule has 1 N–H and O–H groups in total. The van der Waals surface area contributed by atoms with Gasteiger partial charge in [0.1, 0.15) is 5.02 Å². The molecular formula is C15H17ClN4O3. The van der Waals surface area contributed by atoms with Crippen LogP contribution in [0.1, 0.15) is 28.2 Å². The van der Waals surface area contributed by atoms with Gasteiger partial charge in [-0.2, -0.15) is 5.10 Å². The molecule has 0 aliphatic rings. The summed E-state index contributed by atoms with van der Waals surface area (Å²) < 4.78 is 1.88. The zero-order chi connectivity index (χ0) is 17.0. The van der Waals surface area contributed by atoms with Crippen molar-refractivity contribution >= 4 is 23.2 Å². The van der Waals surface area contributed by atoms with Crippen molar-refractivity contribution in [3.63, 3.8) is 0 Å². The smallest absolute Gasteiger partial charge is 0.288 e. The lowest BCUT2D eigenvalue weighted by Crippen LogP contribution is -2.25. The number of halogens is 1. The molecular weight excluding hydrogens is 320 g/mol. The molecule has 1 aromatic carbocycles. The number of nitrogens with zero attached hydrogens (tertiary/aromatic N) is 3. The highest BCUT2D eigenvalue weighted by molar-refractivity contribution is 6.32. The predicted molar refractivity (Wildman–Crippen MR) is 86.8 cm³/mol. The van der Waals surface area contributed by atoms with Crippen LogP contribution in [0, 0.1) is 24.0 Å². The second-order valence-electron chi connectivity index (χ2n) is 5.18. The highest BCUT2D eigenvalue weighted by Gasteiger charge is 2.16.